The molecule has 0 spiro atoms. The van der Waals surface area contributed by atoms with Gasteiger partial charge in [-0.3, -0.25) is 0 Å². The van der Waals surface area contributed by atoms with Crippen LogP contribution in [0.3, 0.4) is 0 Å². The van der Waals surface area contributed by atoms with Crippen LogP contribution < -0.4 is 5.32 Å². The van der Waals surface area contributed by atoms with E-state index in [9.17, 15) is 0 Å². The van der Waals surface area contributed by atoms with Crippen LogP contribution in [0.1, 0.15) is 70.5 Å². The summed E-state index contributed by atoms with van der Waals surface area (Å²) in [5.41, 5.74) is 4.04. The predicted octanol–water partition coefficient (Wildman–Crippen LogP) is 4.87. The van der Waals surface area contributed by atoms with Crippen molar-refractivity contribution in [3.05, 3.63) is 35.4 Å². The van der Waals surface area contributed by atoms with E-state index in [1.54, 1.807) is 11.1 Å². The average Bonchev–Trinajstić information content (AvgIpc) is 2.69. The summed E-state index contributed by atoms with van der Waals surface area (Å²) in [6.45, 7) is 9.74. The third-order valence-electron chi connectivity index (χ3n) is 5.12. The second kappa shape index (κ2) is 4.87. The molecule has 1 saturated carbocycles. The maximum Gasteiger partial charge on any atom is 0.0328 e. The standard InChI is InChI=1S/C19H29N/c1-18(2)11-15(12-19(3,4)13-18)20-17-10-9-14-7-5-6-8-16(14)17/h5-8,15,17,20H,9-13H2,1-4H3. The average molecular weight is 271 g/mol. The molecule has 1 aromatic carbocycles. The molecular formula is C19H29N. The number of fused-ring (bicyclic) bond motifs is 1. The lowest BCUT2D eigenvalue weighted by molar-refractivity contribution is 0.0802. The number of benzene rings is 1. The molecular weight excluding hydrogens is 242 g/mol. The third-order valence-corrected chi connectivity index (χ3v) is 5.12. The second-order valence-electron chi connectivity index (χ2n) is 8.57. The Morgan fingerprint density at radius 3 is 2.35 bits per heavy atom. The van der Waals surface area contributed by atoms with Gasteiger partial charge in [0.25, 0.3) is 0 Å². The maximum absolute atomic E-state index is 3.99. The minimum atomic E-state index is 0.470. The van der Waals surface area contributed by atoms with Gasteiger partial charge >= 0.3 is 0 Å². The van der Waals surface area contributed by atoms with Gasteiger partial charge in [0.15, 0.2) is 0 Å². The molecule has 0 saturated heterocycles. The lowest BCUT2D eigenvalue weighted by Gasteiger charge is -2.46. The summed E-state index contributed by atoms with van der Waals surface area (Å²) in [7, 11) is 0. The summed E-state index contributed by atoms with van der Waals surface area (Å²) in [6, 6.07) is 10.2. The normalized spacial score (nSPS) is 28.3. The van der Waals surface area contributed by atoms with Gasteiger partial charge in [-0.05, 0) is 54.1 Å². The highest BCUT2D eigenvalue weighted by Gasteiger charge is 2.39. The van der Waals surface area contributed by atoms with Crippen molar-refractivity contribution in [3.63, 3.8) is 0 Å². The van der Waals surface area contributed by atoms with Crippen molar-refractivity contribution in [3.8, 4) is 0 Å². The predicted molar refractivity (Wildman–Crippen MR) is 85.8 cm³/mol. The number of hydrogen-bond acceptors (Lipinski definition) is 1. The van der Waals surface area contributed by atoms with Crippen molar-refractivity contribution >= 4 is 0 Å². The van der Waals surface area contributed by atoms with Gasteiger partial charge in [-0.2, -0.15) is 0 Å². The number of rotatable bonds is 2. The molecule has 2 aliphatic carbocycles. The highest BCUT2D eigenvalue weighted by atomic mass is 15.0. The Balaban J connectivity index is 1.73. The minimum Gasteiger partial charge on any atom is -0.307 e. The Morgan fingerprint density at radius 2 is 1.65 bits per heavy atom. The van der Waals surface area contributed by atoms with Crippen molar-refractivity contribution < 1.29 is 0 Å². The van der Waals surface area contributed by atoms with Crippen molar-refractivity contribution in [2.75, 3.05) is 0 Å². The largest absolute Gasteiger partial charge is 0.307 e. The number of hydrogen-bond donors (Lipinski definition) is 1. The molecule has 1 heteroatoms. The van der Waals surface area contributed by atoms with Gasteiger partial charge in [-0.1, -0.05) is 52.0 Å². The van der Waals surface area contributed by atoms with Crippen LogP contribution in [-0.4, -0.2) is 6.04 Å². The molecule has 3 rings (SSSR count). The van der Waals surface area contributed by atoms with Gasteiger partial charge in [0.05, 0.1) is 0 Å². The number of nitrogens with one attached hydrogen (secondary N) is 1. The van der Waals surface area contributed by atoms with Crippen molar-refractivity contribution in [1.29, 1.82) is 0 Å². The van der Waals surface area contributed by atoms with E-state index in [0.29, 0.717) is 22.9 Å². The Hall–Kier alpha value is -0.820. The highest BCUT2D eigenvalue weighted by Crippen LogP contribution is 2.46. The molecule has 1 nitrogen and oxygen atoms in total. The van der Waals surface area contributed by atoms with Gasteiger partial charge in [-0.15, -0.1) is 0 Å². The fourth-order valence-corrected chi connectivity index (χ4v) is 4.98. The second-order valence-corrected chi connectivity index (χ2v) is 8.57. The van der Waals surface area contributed by atoms with Gasteiger partial charge < -0.3 is 5.32 Å². The van der Waals surface area contributed by atoms with E-state index < -0.39 is 0 Å². The summed E-state index contributed by atoms with van der Waals surface area (Å²) >= 11 is 0. The molecule has 1 unspecified atom stereocenters. The molecule has 0 aliphatic heterocycles. The van der Waals surface area contributed by atoms with Crippen LogP contribution in [0.4, 0.5) is 0 Å². The third kappa shape index (κ3) is 2.93. The first-order valence-corrected chi connectivity index (χ1v) is 8.19. The molecule has 1 N–H and O–H groups in total. The van der Waals surface area contributed by atoms with E-state index in [-0.39, 0.29) is 0 Å². The zero-order valence-corrected chi connectivity index (χ0v) is 13.5. The highest BCUT2D eigenvalue weighted by molar-refractivity contribution is 5.34. The smallest absolute Gasteiger partial charge is 0.0328 e. The van der Waals surface area contributed by atoms with Crippen LogP contribution in [0.5, 0.6) is 0 Å². The SMILES string of the molecule is CC1(C)CC(NC2CCc3ccccc32)CC(C)(C)C1. The molecule has 0 aromatic heterocycles. The Morgan fingerprint density at radius 1 is 1.00 bits per heavy atom. The molecule has 2 aliphatic rings. The van der Waals surface area contributed by atoms with Crippen molar-refractivity contribution in [1.82, 2.24) is 5.32 Å². The first-order chi connectivity index (χ1) is 9.35. The Bertz CT molecular complexity index is 470. The van der Waals surface area contributed by atoms with Gasteiger partial charge in [0.2, 0.25) is 0 Å². The molecule has 1 aromatic rings. The van der Waals surface area contributed by atoms with E-state index in [0.717, 1.165) is 0 Å². The Labute approximate surface area is 124 Å². The number of aryl methyl sites for hydroxylation is 1. The summed E-state index contributed by atoms with van der Waals surface area (Å²) in [4.78, 5) is 0. The van der Waals surface area contributed by atoms with Crippen molar-refractivity contribution in [2.45, 2.75) is 71.9 Å². The molecule has 20 heavy (non-hydrogen) atoms. The summed E-state index contributed by atoms with van der Waals surface area (Å²) in [5.74, 6) is 0. The molecule has 0 heterocycles. The zero-order valence-electron chi connectivity index (χ0n) is 13.5. The van der Waals surface area contributed by atoms with Crippen LogP contribution in [0, 0.1) is 10.8 Å². The summed E-state index contributed by atoms with van der Waals surface area (Å²) in [6.07, 6.45) is 6.49. The van der Waals surface area contributed by atoms with E-state index in [1.807, 2.05) is 0 Å². The first-order valence-electron chi connectivity index (χ1n) is 8.19. The summed E-state index contributed by atoms with van der Waals surface area (Å²) < 4.78 is 0. The van der Waals surface area contributed by atoms with Gasteiger partial charge in [0.1, 0.15) is 0 Å². The topological polar surface area (TPSA) is 12.0 Å². The molecule has 0 amide bonds. The van der Waals surface area contributed by atoms with Gasteiger partial charge in [0, 0.05) is 12.1 Å². The summed E-state index contributed by atoms with van der Waals surface area (Å²) in [5, 5.41) is 3.99. The van der Waals surface area contributed by atoms with Gasteiger partial charge in [-0.25, -0.2) is 0 Å². The minimum absolute atomic E-state index is 0.470. The van der Waals surface area contributed by atoms with E-state index in [4.69, 9.17) is 0 Å². The van der Waals surface area contributed by atoms with Crippen LogP contribution in [-0.2, 0) is 6.42 Å². The van der Waals surface area contributed by atoms with Crippen molar-refractivity contribution in [2.24, 2.45) is 10.8 Å². The van der Waals surface area contributed by atoms with Crippen LogP contribution in [0.25, 0.3) is 0 Å². The maximum atomic E-state index is 3.99. The Kier molecular flexibility index (Phi) is 3.44. The quantitative estimate of drug-likeness (QED) is 0.809. The van der Waals surface area contributed by atoms with Crippen LogP contribution in [0.2, 0.25) is 0 Å². The van der Waals surface area contributed by atoms with Crippen LogP contribution in [0.15, 0.2) is 24.3 Å². The molecule has 1 fully saturated rings. The molecule has 0 bridgehead atoms. The van der Waals surface area contributed by atoms with E-state index in [2.05, 4.69) is 57.3 Å². The lowest BCUT2D eigenvalue weighted by atomic mass is 9.63. The molecule has 110 valence electrons. The fourth-order valence-electron chi connectivity index (χ4n) is 4.98. The molecule has 1 atom stereocenters. The monoisotopic (exact) mass is 271 g/mol. The zero-order chi connectivity index (χ0) is 14.4. The first kappa shape index (κ1) is 14.1. The van der Waals surface area contributed by atoms with E-state index >= 15 is 0 Å². The molecule has 0 radical (unpaired) electrons. The van der Waals surface area contributed by atoms with E-state index in [1.165, 1.54) is 32.1 Å². The lowest BCUT2D eigenvalue weighted by Crippen LogP contribution is -2.44. The fraction of sp³-hybridized carbons (Fsp3) is 0.684. The van der Waals surface area contributed by atoms with Crippen LogP contribution >= 0.6 is 0 Å².